The Labute approximate surface area is 163 Å². The summed E-state index contributed by atoms with van der Waals surface area (Å²) in [6.45, 7) is 1.94. The highest BCUT2D eigenvalue weighted by Crippen LogP contribution is 2.35. The molecule has 1 atom stereocenters. The summed E-state index contributed by atoms with van der Waals surface area (Å²) in [7, 11) is 1.62. The van der Waals surface area contributed by atoms with Crippen LogP contribution in [-0.2, 0) is 0 Å². The van der Waals surface area contributed by atoms with Crippen LogP contribution in [0.2, 0.25) is 0 Å². The minimum atomic E-state index is -0.454. The van der Waals surface area contributed by atoms with Crippen molar-refractivity contribution in [1.82, 2.24) is 20.2 Å². The largest absolute Gasteiger partial charge is 0.497 e. The normalized spacial score (nSPS) is 12.2. The van der Waals surface area contributed by atoms with Crippen molar-refractivity contribution in [3.63, 3.8) is 0 Å². The number of thioether (sulfide) groups is 1. The predicted octanol–water partition coefficient (Wildman–Crippen LogP) is 4.38. The molecule has 0 unspecified atom stereocenters. The van der Waals surface area contributed by atoms with Crippen molar-refractivity contribution >= 4 is 28.5 Å². The first-order valence-corrected chi connectivity index (χ1v) is 9.20. The lowest BCUT2D eigenvalue weighted by molar-refractivity contribution is -0.384. The van der Waals surface area contributed by atoms with Crippen LogP contribution in [0.15, 0.2) is 52.0 Å². The molecule has 4 rings (SSSR count). The standard InChI is InChI=1S/C18H15N5O4S/c1-10(28-18-19-14-8-7-13(26-2)9-15(14)20-18)16-21-22-17(27-16)11-3-5-12(6-4-11)23(24)25/h3-10H,1-2H3,(H,19,20)/t10-/m1/s1. The number of aromatic amines is 1. The van der Waals surface area contributed by atoms with E-state index in [9.17, 15) is 10.1 Å². The minimum Gasteiger partial charge on any atom is -0.497 e. The molecule has 0 aliphatic carbocycles. The predicted molar refractivity (Wildman–Crippen MR) is 103 cm³/mol. The number of nitrogens with zero attached hydrogens (tertiary/aromatic N) is 4. The third kappa shape index (κ3) is 3.54. The number of H-pyrrole nitrogens is 1. The van der Waals surface area contributed by atoms with Crippen LogP contribution < -0.4 is 4.74 Å². The summed E-state index contributed by atoms with van der Waals surface area (Å²) in [6, 6.07) is 11.6. The van der Waals surface area contributed by atoms with Crippen molar-refractivity contribution in [3.8, 4) is 17.2 Å². The Kier molecular flexibility index (Phi) is 4.70. The Balaban J connectivity index is 1.51. The van der Waals surface area contributed by atoms with Crippen LogP contribution in [0.1, 0.15) is 18.1 Å². The molecule has 0 fully saturated rings. The molecule has 2 heterocycles. The van der Waals surface area contributed by atoms with E-state index in [4.69, 9.17) is 9.15 Å². The SMILES string of the molecule is COc1ccc2nc(S[C@H](C)c3nnc(-c4ccc([N+](=O)[O-])cc4)o3)[nH]c2c1. The smallest absolute Gasteiger partial charge is 0.269 e. The van der Waals surface area contributed by atoms with Crippen molar-refractivity contribution in [2.24, 2.45) is 0 Å². The highest BCUT2D eigenvalue weighted by Gasteiger charge is 2.18. The minimum absolute atomic E-state index is 0.00827. The highest BCUT2D eigenvalue weighted by molar-refractivity contribution is 7.99. The van der Waals surface area contributed by atoms with Gasteiger partial charge in [0.25, 0.3) is 5.69 Å². The number of hydrogen-bond acceptors (Lipinski definition) is 8. The van der Waals surface area contributed by atoms with Gasteiger partial charge in [0.05, 0.1) is 28.3 Å². The molecular weight excluding hydrogens is 382 g/mol. The fraction of sp³-hybridized carbons (Fsp3) is 0.167. The van der Waals surface area contributed by atoms with E-state index in [1.165, 1.54) is 23.9 Å². The molecule has 0 bridgehead atoms. The van der Waals surface area contributed by atoms with Crippen LogP contribution in [-0.4, -0.2) is 32.2 Å². The first-order valence-electron chi connectivity index (χ1n) is 8.32. The van der Waals surface area contributed by atoms with E-state index in [2.05, 4.69) is 20.2 Å². The van der Waals surface area contributed by atoms with Gasteiger partial charge < -0.3 is 14.1 Å². The van der Waals surface area contributed by atoms with Crippen molar-refractivity contribution < 1.29 is 14.1 Å². The second-order valence-electron chi connectivity index (χ2n) is 5.93. The number of ether oxygens (including phenoxy) is 1. The van der Waals surface area contributed by atoms with Crippen LogP contribution in [0.3, 0.4) is 0 Å². The van der Waals surface area contributed by atoms with Gasteiger partial charge in [0.15, 0.2) is 5.16 Å². The summed E-state index contributed by atoms with van der Waals surface area (Å²) in [5.41, 5.74) is 2.35. The van der Waals surface area contributed by atoms with E-state index in [1.807, 2.05) is 25.1 Å². The monoisotopic (exact) mass is 397 g/mol. The molecule has 9 nitrogen and oxygen atoms in total. The number of nitro groups is 1. The average Bonchev–Trinajstić information content (AvgIpc) is 3.34. The molecule has 1 N–H and O–H groups in total. The quantitative estimate of drug-likeness (QED) is 0.289. The van der Waals surface area contributed by atoms with Gasteiger partial charge in [0.2, 0.25) is 11.8 Å². The molecule has 4 aromatic rings. The number of nitro benzene ring substituents is 1. The maximum atomic E-state index is 10.8. The highest BCUT2D eigenvalue weighted by atomic mass is 32.2. The molecule has 28 heavy (non-hydrogen) atoms. The lowest BCUT2D eigenvalue weighted by atomic mass is 10.2. The zero-order valence-electron chi connectivity index (χ0n) is 14.9. The third-order valence-corrected chi connectivity index (χ3v) is 5.04. The van der Waals surface area contributed by atoms with Gasteiger partial charge in [0.1, 0.15) is 5.75 Å². The van der Waals surface area contributed by atoms with Crippen LogP contribution in [0.4, 0.5) is 5.69 Å². The summed E-state index contributed by atoms with van der Waals surface area (Å²) >= 11 is 1.46. The zero-order chi connectivity index (χ0) is 19.7. The molecule has 142 valence electrons. The maximum Gasteiger partial charge on any atom is 0.269 e. The lowest BCUT2D eigenvalue weighted by Gasteiger charge is -2.03. The van der Waals surface area contributed by atoms with Crippen LogP contribution in [0.5, 0.6) is 5.75 Å². The summed E-state index contributed by atoms with van der Waals surface area (Å²) in [5, 5.41) is 19.5. The van der Waals surface area contributed by atoms with Crippen molar-refractivity contribution in [2.75, 3.05) is 7.11 Å². The van der Waals surface area contributed by atoms with Gasteiger partial charge in [-0.25, -0.2) is 4.98 Å². The maximum absolute atomic E-state index is 10.8. The fourth-order valence-corrected chi connectivity index (χ4v) is 3.46. The molecule has 0 spiro atoms. The van der Waals surface area contributed by atoms with Crippen molar-refractivity contribution in [2.45, 2.75) is 17.3 Å². The number of non-ortho nitro benzene ring substituents is 1. The number of benzene rings is 2. The van der Waals surface area contributed by atoms with Gasteiger partial charge in [-0.3, -0.25) is 10.1 Å². The first kappa shape index (κ1) is 18.0. The molecule has 0 saturated carbocycles. The summed E-state index contributed by atoms with van der Waals surface area (Å²) < 4.78 is 11.0. The first-order chi connectivity index (χ1) is 13.5. The van der Waals surface area contributed by atoms with E-state index in [1.54, 1.807) is 19.2 Å². The van der Waals surface area contributed by atoms with E-state index >= 15 is 0 Å². The average molecular weight is 397 g/mol. The molecule has 2 aromatic heterocycles. The number of rotatable bonds is 6. The topological polar surface area (TPSA) is 120 Å². The lowest BCUT2D eigenvalue weighted by Crippen LogP contribution is -1.89. The summed E-state index contributed by atoms with van der Waals surface area (Å²) in [6.07, 6.45) is 0. The third-order valence-electron chi connectivity index (χ3n) is 4.07. The van der Waals surface area contributed by atoms with E-state index < -0.39 is 4.92 Å². The van der Waals surface area contributed by atoms with Gasteiger partial charge in [0, 0.05) is 23.8 Å². The molecule has 0 radical (unpaired) electrons. The second-order valence-corrected chi connectivity index (χ2v) is 7.26. The van der Waals surface area contributed by atoms with Crippen molar-refractivity contribution in [3.05, 3.63) is 58.5 Å². The Morgan fingerprint density at radius 1 is 1.21 bits per heavy atom. The zero-order valence-corrected chi connectivity index (χ0v) is 15.8. The molecule has 0 saturated heterocycles. The molecule has 10 heteroatoms. The Bertz CT molecular complexity index is 1140. The van der Waals surface area contributed by atoms with Gasteiger partial charge in [-0.2, -0.15) is 0 Å². The number of imidazole rings is 1. The number of hydrogen-bond donors (Lipinski definition) is 1. The van der Waals surface area contributed by atoms with Crippen LogP contribution >= 0.6 is 11.8 Å². The molecule has 0 aliphatic rings. The number of aromatic nitrogens is 4. The Morgan fingerprint density at radius 2 is 2.00 bits per heavy atom. The van der Waals surface area contributed by atoms with Gasteiger partial charge >= 0.3 is 0 Å². The number of nitrogens with one attached hydrogen (secondary N) is 1. The fourth-order valence-electron chi connectivity index (χ4n) is 2.61. The van der Waals surface area contributed by atoms with Gasteiger partial charge in [-0.15, -0.1) is 10.2 Å². The summed E-state index contributed by atoms with van der Waals surface area (Å²) in [5.74, 6) is 1.51. The van der Waals surface area contributed by atoms with Crippen molar-refractivity contribution in [1.29, 1.82) is 0 Å². The summed E-state index contributed by atoms with van der Waals surface area (Å²) in [4.78, 5) is 18.1. The van der Waals surface area contributed by atoms with Crippen LogP contribution in [0.25, 0.3) is 22.5 Å². The second kappa shape index (κ2) is 7.31. The Hall–Kier alpha value is -3.40. The molecule has 2 aromatic carbocycles. The van der Waals surface area contributed by atoms with E-state index in [-0.39, 0.29) is 10.9 Å². The Morgan fingerprint density at radius 3 is 2.71 bits per heavy atom. The van der Waals surface area contributed by atoms with Crippen LogP contribution in [0, 0.1) is 10.1 Å². The number of fused-ring (bicyclic) bond motifs is 1. The van der Waals surface area contributed by atoms with E-state index in [0.717, 1.165) is 21.9 Å². The van der Waals surface area contributed by atoms with Gasteiger partial charge in [-0.1, -0.05) is 11.8 Å². The molecule has 0 amide bonds. The van der Waals surface area contributed by atoms with Gasteiger partial charge in [-0.05, 0) is 31.2 Å². The van der Waals surface area contributed by atoms with E-state index in [0.29, 0.717) is 17.3 Å². The molecule has 0 aliphatic heterocycles. The molecular formula is C18H15N5O4S. The number of methoxy groups -OCH3 is 1.